The summed E-state index contributed by atoms with van der Waals surface area (Å²) in [6, 6.07) is 9.05. The Hall–Kier alpha value is -0.610. The average molecular weight is 296 g/mol. The van der Waals surface area contributed by atoms with Crippen molar-refractivity contribution < 1.29 is 0 Å². The highest BCUT2D eigenvalue weighted by Crippen LogP contribution is 2.25. The molecule has 1 aromatic carbocycles. The van der Waals surface area contributed by atoms with E-state index in [4.69, 9.17) is 11.6 Å². The summed E-state index contributed by atoms with van der Waals surface area (Å²) >= 11 is 6.17. The monoisotopic (exact) mass is 295 g/mol. The van der Waals surface area contributed by atoms with Crippen LogP contribution < -0.4 is 5.32 Å². The Bertz CT molecular complexity index is 424. The lowest BCUT2D eigenvalue weighted by Crippen LogP contribution is -2.47. The second-order valence-electron chi connectivity index (χ2n) is 5.75. The molecule has 1 aliphatic heterocycles. The molecule has 0 bridgehead atoms. The minimum Gasteiger partial charge on any atom is -0.309 e. The van der Waals surface area contributed by atoms with Crippen molar-refractivity contribution in [3.63, 3.8) is 0 Å². The summed E-state index contributed by atoms with van der Waals surface area (Å²) in [5.74, 6) is 0. The van der Waals surface area contributed by atoms with E-state index in [1.165, 1.54) is 18.5 Å². The van der Waals surface area contributed by atoms with Crippen molar-refractivity contribution >= 4 is 11.6 Å². The standard InChI is InChI=1S/C16H26ClN3/c1-4-18-16(13-7-5-8-14(17)11-13)15-12-19(2)9-6-10-20(15)3/h5,7-8,11,15-16,18H,4,6,9-10,12H2,1-3H3. The first kappa shape index (κ1) is 15.8. The van der Waals surface area contributed by atoms with Crippen LogP contribution in [0.25, 0.3) is 0 Å². The van der Waals surface area contributed by atoms with Crippen molar-refractivity contribution in [3.8, 4) is 0 Å². The maximum Gasteiger partial charge on any atom is 0.0491 e. The van der Waals surface area contributed by atoms with E-state index in [-0.39, 0.29) is 0 Å². The van der Waals surface area contributed by atoms with E-state index in [0.29, 0.717) is 12.1 Å². The lowest BCUT2D eigenvalue weighted by molar-refractivity contribution is 0.179. The van der Waals surface area contributed by atoms with Crippen LogP contribution in [0.15, 0.2) is 24.3 Å². The summed E-state index contributed by atoms with van der Waals surface area (Å²) in [7, 11) is 4.45. The van der Waals surface area contributed by atoms with Crippen molar-refractivity contribution in [2.45, 2.75) is 25.4 Å². The zero-order valence-electron chi connectivity index (χ0n) is 12.8. The largest absolute Gasteiger partial charge is 0.309 e. The van der Waals surface area contributed by atoms with Crippen molar-refractivity contribution in [1.29, 1.82) is 0 Å². The first-order valence-corrected chi connectivity index (χ1v) is 7.87. The molecule has 3 nitrogen and oxygen atoms in total. The maximum atomic E-state index is 6.17. The molecular formula is C16H26ClN3. The van der Waals surface area contributed by atoms with Crippen molar-refractivity contribution in [3.05, 3.63) is 34.9 Å². The maximum absolute atomic E-state index is 6.17. The second kappa shape index (κ2) is 7.41. The first-order chi connectivity index (χ1) is 9.61. The predicted octanol–water partition coefficient (Wildman–Crippen LogP) is 2.63. The Morgan fingerprint density at radius 3 is 2.85 bits per heavy atom. The smallest absolute Gasteiger partial charge is 0.0491 e. The van der Waals surface area contributed by atoms with Gasteiger partial charge in [-0.3, -0.25) is 0 Å². The molecule has 0 spiro atoms. The molecular weight excluding hydrogens is 270 g/mol. The number of rotatable bonds is 4. The molecule has 0 aromatic heterocycles. The van der Waals surface area contributed by atoms with Crippen LogP contribution in [-0.2, 0) is 0 Å². The van der Waals surface area contributed by atoms with Crippen LogP contribution in [0.4, 0.5) is 0 Å². The number of hydrogen-bond donors (Lipinski definition) is 1. The summed E-state index contributed by atoms with van der Waals surface area (Å²) in [5.41, 5.74) is 1.28. The Balaban J connectivity index is 2.26. The molecule has 0 radical (unpaired) electrons. The third-order valence-corrected chi connectivity index (χ3v) is 4.37. The number of benzene rings is 1. The summed E-state index contributed by atoms with van der Waals surface area (Å²) < 4.78 is 0. The van der Waals surface area contributed by atoms with Crippen molar-refractivity contribution in [2.24, 2.45) is 0 Å². The average Bonchev–Trinajstić information content (AvgIpc) is 2.58. The molecule has 2 atom stereocenters. The van der Waals surface area contributed by atoms with E-state index in [1.54, 1.807) is 0 Å². The van der Waals surface area contributed by atoms with Gasteiger partial charge in [0.1, 0.15) is 0 Å². The molecule has 1 aromatic rings. The predicted molar refractivity (Wildman–Crippen MR) is 86.4 cm³/mol. The van der Waals surface area contributed by atoms with Gasteiger partial charge in [-0.05, 0) is 57.8 Å². The number of nitrogens with zero attached hydrogens (tertiary/aromatic N) is 2. The van der Waals surface area contributed by atoms with Crippen LogP contribution in [0.3, 0.4) is 0 Å². The molecule has 0 amide bonds. The summed E-state index contributed by atoms with van der Waals surface area (Å²) in [5, 5.41) is 4.46. The Kier molecular flexibility index (Phi) is 5.85. The second-order valence-corrected chi connectivity index (χ2v) is 6.19. The van der Waals surface area contributed by atoms with Gasteiger partial charge in [-0.2, -0.15) is 0 Å². The zero-order chi connectivity index (χ0) is 14.5. The van der Waals surface area contributed by atoms with Gasteiger partial charge in [0, 0.05) is 23.7 Å². The molecule has 0 aliphatic carbocycles. The molecule has 1 N–H and O–H groups in total. The quantitative estimate of drug-likeness (QED) is 0.921. The van der Waals surface area contributed by atoms with Crippen LogP contribution in [0, 0.1) is 0 Å². The fourth-order valence-electron chi connectivity index (χ4n) is 3.06. The molecule has 2 rings (SSSR count). The minimum absolute atomic E-state index is 0.323. The third kappa shape index (κ3) is 3.95. The Morgan fingerprint density at radius 1 is 1.35 bits per heavy atom. The van der Waals surface area contributed by atoms with Gasteiger partial charge in [0.25, 0.3) is 0 Å². The number of nitrogens with one attached hydrogen (secondary N) is 1. The zero-order valence-corrected chi connectivity index (χ0v) is 13.5. The molecule has 1 saturated heterocycles. The van der Waals surface area contributed by atoms with Crippen LogP contribution >= 0.6 is 11.6 Å². The number of likely N-dealkylation sites (N-methyl/N-ethyl adjacent to an activating group) is 3. The fourth-order valence-corrected chi connectivity index (χ4v) is 3.26. The SMILES string of the molecule is CCNC(c1cccc(Cl)c1)C1CN(C)CCCN1C. The van der Waals surface area contributed by atoms with Crippen LogP contribution in [0.1, 0.15) is 24.9 Å². The Morgan fingerprint density at radius 2 is 2.15 bits per heavy atom. The van der Waals surface area contributed by atoms with E-state index in [1.807, 2.05) is 12.1 Å². The van der Waals surface area contributed by atoms with E-state index < -0.39 is 0 Å². The van der Waals surface area contributed by atoms with Crippen molar-refractivity contribution in [1.82, 2.24) is 15.1 Å². The normalized spacial score (nSPS) is 23.5. The van der Waals surface area contributed by atoms with Gasteiger partial charge >= 0.3 is 0 Å². The third-order valence-electron chi connectivity index (χ3n) is 4.13. The summed E-state index contributed by atoms with van der Waals surface area (Å²) in [4.78, 5) is 4.92. The lowest BCUT2D eigenvalue weighted by atomic mass is 9.97. The van der Waals surface area contributed by atoms with Crippen LogP contribution in [-0.4, -0.2) is 56.1 Å². The van der Waals surface area contributed by atoms with E-state index in [9.17, 15) is 0 Å². The van der Waals surface area contributed by atoms with Crippen LogP contribution in [0.5, 0.6) is 0 Å². The Labute approximate surface area is 127 Å². The fraction of sp³-hybridized carbons (Fsp3) is 0.625. The summed E-state index contributed by atoms with van der Waals surface area (Å²) in [6.07, 6.45) is 1.23. The van der Waals surface area contributed by atoms with E-state index >= 15 is 0 Å². The molecule has 112 valence electrons. The number of halogens is 1. The van der Waals surface area contributed by atoms with Gasteiger partial charge in [-0.1, -0.05) is 30.7 Å². The van der Waals surface area contributed by atoms with Gasteiger partial charge in [0.15, 0.2) is 0 Å². The molecule has 0 saturated carbocycles. The van der Waals surface area contributed by atoms with E-state index in [0.717, 1.165) is 24.7 Å². The molecule has 20 heavy (non-hydrogen) atoms. The molecule has 1 aliphatic rings. The highest BCUT2D eigenvalue weighted by atomic mass is 35.5. The highest BCUT2D eigenvalue weighted by Gasteiger charge is 2.29. The molecule has 2 unspecified atom stereocenters. The highest BCUT2D eigenvalue weighted by molar-refractivity contribution is 6.30. The minimum atomic E-state index is 0.323. The first-order valence-electron chi connectivity index (χ1n) is 7.49. The van der Waals surface area contributed by atoms with E-state index in [2.05, 4.69) is 48.3 Å². The van der Waals surface area contributed by atoms with Crippen LogP contribution in [0.2, 0.25) is 5.02 Å². The van der Waals surface area contributed by atoms with Gasteiger partial charge in [-0.25, -0.2) is 0 Å². The van der Waals surface area contributed by atoms with Gasteiger partial charge in [0.2, 0.25) is 0 Å². The summed E-state index contributed by atoms with van der Waals surface area (Å²) in [6.45, 7) is 6.54. The van der Waals surface area contributed by atoms with Gasteiger partial charge in [0.05, 0.1) is 0 Å². The van der Waals surface area contributed by atoms with Crippen molar-refractivity contribution in [2.75, 3.05) is 40.3 Å². The number of hydrogen-bond acceptors (Lipinski definition) is 3. The van der Waals surface area contributed by atoms with Gasteiger partial charge in [-0.15, -0.1) is 0 Å². The van der Waals surface area contributed by atoms with Gasteiger partial charge < -0.3 is 15.1 Å². The molecule has 1 fully saturated rings. The molecule has 1 heterocycles. The topological polar surface area (TPSA) is 18.5 Å². The lowest BCUT2D eigenvalue weighted by Gasteiger charge is -2.35. The molecule has 4 heteroatoms.